The molecule has 1 aliphatic heterocycles. The molecule has 2 heterocycles. The number of Topliss-reactive ketones (excluding diaryl/α,β-unsaturated/α-hetero) is 1. The first kappa shape index (κ1) is 11.9. The SMILES string of the molecule is CC1CCCN(CC(=O)c2ccn(C)c2)C1=O. The molecule has 92 valence electrons. The molecule has 1 amide bonds. The fourth-order valence-corrected chi connectivity index (χ4v) is 2.22. The Morgan fingerprint density at radius 3 is 2.94 bits per heavy atom. The molecule has 1 aromatic rings. The Balaban J connectivity index is 2.01. The van der Waals surface area contributed by atoms with E-state index in [2.05, 4.69) is 0 Å². The number of piperidine rings is 1. The zero-order valence-corrected chi connectivity index (χ0v) is 10.3. The second-order valence-corrected chi connectivity index (χ2v) is 4.79. The van der Waals surface area contributed by atoms with Gasteiger partial charge in [0.1, 0.15) is 0 Å². The molecule has 0 saturated carbocycles. The molecule has 0 bridgehead atoms. The molecule has 0 N–H and O–H groups in total. The lowest BCUT2D eigenvalue weighted by atomic mass is 9.99. The van der Waals surface area contributed by atoms with Crippen LogP contribution in [0.15, 0.2) is 18.5 Å². The van der Waals surface area contributed by atoms with E-state index in [-0.39, 0.29) is 24.2 Å². The normalized spacial score (nSPS) is 20.7. The van der Waals surface area contributed by atoms with Crippen LogP contribution in [0.1, 0.15) is 30.1 Å². The molecule has 17 heavy (non-hydrogen) atoms. The number of carbonyl (C=O) groups is 2. The number of carbonyl (C=O) groups excluding carboxylic acids is 2. The highest BCUT2D eigenvalue weighted by molar-refractivity contribution is 5.99. The van der Waals surface area contributed by atoms with E-state index >= 15 is 0 Å². The van der Waals surface area contributed by atoms with Crippen molar-refractivity contribution in [1.29, 1.82) is 0 Å². The van der Waals surface area contributed by atoms with Crippen LogP contribution in [0, 0.1) is 5.92 Å². The van der Waals surface area contributed by atoms with E-state index in [0.717, 1.165) is 12.8 Å². The summed E-state index contributed by atoms with van der Waals surface area (Å²) in [5, 5.41) is 0. The van der Waals surface area contributed by atoms with Crippen LogP contribution in [0.5, 0.6) is 0 Å². The van der Waals surface area contributed by atoms with Crippen molar-refractivity contribution in [2.45, 2.75) is 19.8 Å². The van der Waals surface area contributed by atoms with Crippen molar-refractivity contribution in [3.63, 3.8) is 0 Å². The number of aryl methyl sites for hydroxylation is 1. The van der Waals surface area contributed by atoms with Gasteiger partial charge in [-0.05, 0) is 18.9 Å². The summed E-state index contributed by atoms with van der Waals surface area (Å²) in [6.07, 6.45) is 5.57. The Kier molecular flexibility index (Phi) is 3.31. The number of hydrogen-bond donors (Lipinski definition) is 0. The van der Waals surface area contributed by atoms with Crippen LogP contribution in [-0.2, 0) is 11.8 Å². The predicted molar refractivity (Wildman–Crippen MR) is 64.7 cm³/mol. The molecule has 4 heteroatoms. The smallest absolute Gasteiger partial charge is 0.225 e. The lowest BCUT2D eigenvalue weighted by molar-refractivity contribution is -0.137. The van der Waals surface area contributed by atoms with Gasteiger partial charge < -0.3 is 9.47 Å². The van der Waals surface area contributed by atoms with Gasteiger partial charge in [0, 0.05) is 37.5 Å². The van der Waals surface area contributed by atoms with Crippen LogP contribution >= 0.6 is 0 Å². The van der Waals surface area contributed by atoms with Gasteiger partial charge in [-0.15, -0.1) is 0 Å². The monoisotopic (exact) mass is 234 g/mol. The number of hydrogen-bond acceptors (Lipinski definition) is 2. The molecule has 1 atom stereocenters. The van der Waals surface area contributed by atoms with Gasteiger partial charge >= 0.3 is 0 Å². The Hall–Kier alpha value is -1.58. The Bertz CT molecular complexity index is 436. The van der Waals surface area contributed by atoms with Gasteiger partial charge in [-0.1, -0.05) is 6.92 Å². The third kappa shape index (κ3) is 2.57. The van der Waals surface area contributed by atoms with Crippen LogP contribution < -0.4 is 0 Å². The van der Waals surface area contributed by atoms with Crippen molar-refractivity contribution in [3.05, 3.63) is 24.0 Å². The van der Waals surface area contributed by atoms with E-state index in [9.17, 15) is 9.59 Å². The summed E-state index contributed by atoms with van der Waals surface area (Å²) in [6.45, 7) is 2.86. The summed E-state index contributed by atoms with van der Waals surface area (Å²) in [5.41, 5.74) is 0.679. The van der Waals surface area contributed by atoms with E-state index in [1.165, 1.54) is 0 Å². The average molecular weight is 234 g/mol. The number of aromatic nitrogens is 1. The highest BCUT2D eigenvalue weighted by atomic mass is 16.2. The summed E-state index contributed by atoms with van der Waals surface area (Å²) in [6, 6.07) is 1.79. The average Bonchev–Trinajstić information content (AvgIpc) is 2.72. The summed E-state index contributed by atoms with van der Waals surface area (Å²) in [7, 11) is 1.88. The van der Waals surface area contributed by atoms with Gasteiger partial charge in [0.2, 0.25) is 5.91 Å². The maximum Gasteiger partial charge on any atom is 0.225 e. The van der Waals surface area contributed by atoms with Crippen molar-refractivity contribution in [2.75, 3.05) is 13.1 Å². The lowest BCUT2D eigenvalue weighted by Crippen LogP contribution is -2.42. The lowest BCUT2D eigenvalue weighted by Gasteiger charge is -2.29. The van der Waals surface area contributed by atoms with Gasteiger partial charge in [0.25, 0.3) is 0 Å². The molecule has 2 rings (SSSR count). The van der Waals surface area contributed by atoms with Gasteiger partial charge in [-0.25, -0.2) is 0 Å². The van der Waals surface area contributed by atoms with Gasteiger partial charge in [0.05, 0.1) is 6.54 Å². The summed E-state index contributed by atoms with van der Waals surface area (Å²) < 4.78 is 1.84. The van der Waals surface area contributed by atoms with Crippen LogP contribution in [-0.4, -0.2) is 34.2 Å². The molecular weight excluding hydrogens is 216 g/mol. The first-order valence-electron chi connectivity index (χ1n) is 6.02. The topological polar surface area (TPSA) is 42.3 Å². The number of rotatable bonds is 3. The van der Waals surface area contributed by atoms with Crippen LogP contribution in [0.25, 0.3) is 0 Å². The highest BCUT2D eigenvalue weighted by Crippen LogP contribution is 2.17. The summed E-state index contributed by atoms with van der Waals surface area (Å²) in [5.74, 6) is 0.195. The minimum absolute atomic E-state index is 0.0213. The first-order chi connectivity index (χ1) is 8.08. The second-order valence-electron chi connectivity index (χ2n) is 4.79. The number of nitrogens with zero attached hydrogens (tertiary/aromatic N) is 2. The fraction of sp³-hybridized carbons (Fsp3) is 0.538. The van der Waals surface area contributed by atoms with E-state index < -0.39 is 0 Å². The minimum Gasteiger partial charge on any atom is -0.357 e. The summed E-state index contributed by atoms with van der Waals surface area (Å²) in [4.78, 5) is 25.5. The maximum atomic E-state index is 12.0. The molecule has 0 aliphatic carbocycles. The van der Waals surface area contributed by atoms with Crippen molar-refractivity contribution in [1.82, 2.24) is 9.47 Å². The second kappa shape index (κ2) is 4.73. The number of likely N-dealkylation sites (tertiary alicyclic amines) is 1. The summed E-state index contributed by atoms with van der Waals surface area (Å²) >= 11 is 0. The molecule has 0 radical (unpaired) electrons. The van der Waals surface area contributed by atoms with Crippen molar-refractivity contribution >= 4 is 11.7 Å². The van der Waals surface area contributed by atoms with Crippen molar-refractivity contribution in [2.24, 2.45) is 13.0 Å². The van der Waals surface area contributed by atoms with Gasteiger partial charge in [-0.3, -0.25) is 9.59 Å². The zero-order valence-electron chi connectivity index (χ0n) is 10.3. The van der Waals surface area contributed by atoms with E-state index in [0.29, 0.717) is 12.1 Å². The number of ketones is 1. The molecule has 0 aromatic carbocycles. The maximum absolute atomic E-state index is 12.0. The molecule has 1 aromatic heterocycles. The first-order valence-corrected chi connectivity index (χ1v) is 6.02. The molecule has 1 unspecified atom stereocenters. The Labute approximate surface area is 101 Å². The fourth-order valence-electron chi connectivity index (χ4n) is 2.22. The molecule has 4 nitrogen and oxygen atoms in total. The van der Waals surface area contributed by atoms with E-state index in [4.69, 9.17) is 0 Å². The number of amides is 1. The minimum atomic E-state index is 0.0213. The third-order valence-electron chi connectivity index (χ3n) is 3.29. The van der Waals surface area contributed by atoms with Crippen LogP contribution in [0.3, 0.4) is 0 Å². The van der Waals surface area contributed by atoms with Gasteiger partial charge in [-0.2, -0.15) is 0 Å². The van der Waals surface area contributed by atoms with Gasteiger partial charge in [0.15, 0.2) is 5.78 Å². The van der Waals surface area contributed by atoms with Crippen LogP contribution in [0.4, 0.5) is 0 Å². The largest absolute Gasteiger partial charge is 0.357 e. The molecule has 1 aliphatic rings. The molecule has 0 spiro atoms. The van der Waals surface area contributed by atoms with Crippen LogP contribution in [0.2, 0.25) is 0 Å². The third-order valence-corrected chi connectivity index (χ3v) is 3.29. The predicted octanol–water partition coefficient (Wildman–Crippen LogP) is 1.47. The molecule has 1 saturated heterocycles. The quantitative estimate of drug-likeness (QED) is 0.743. The van der Waals surface area contributed by atoms with Crippen molar-refractivity contribution in [3.8, 4) is 0 Å². The molecular formula is C13H18N2O2. The Morgan fingerprint density at radius 2 is 2.29 bits per heavy atom. The van der Waals surface area contributed by atoms with E-state index in [1.54, 1.807) is 17.2 Å². The van der Waals surface area contributed by atoms with E-state index in [1.807, 2.05) is 24.7 Å². The van der Waals surface area contributed by atoms with Crippen molar-refractivity contribution < 1.29 is 9.59 Å². The highest BCUT2D eigenvalue weighted by Gasteiger charge is 2.26. The Morgan fingerprint density at radius 1 is 1.53 bits per heavy atom. The molecule has 1 fully saturated rings. The standard InChI is InChI=1S/C13H18N2O2/c1-10-4-3-6-15(13(10)17)9-12(16)11-5-7-14(2)8-11/h5,7-8,10H,3-4,6,9H2,1-2H3. The zero-order chi connectivity index (χ0) is 12.4.